The summed E-state index contributed by atoms with van der Waals surface area (Å²) in [5.41, 5.74) is 1.26. The van der Waals surface area contributed by atoms with Gasteiger partial charge >= 0.3 is 0 Å². The van der Waals surface area contributed by atoms with E-state index in [4.69, 9.17) is 5.11 Å². The maximum absolute atomic E-state index is 9.08. The van der Waals surface area contributed by atoms with Crippen LogP contribution in [0.15, 0.2) is 11.6 Å². The van der Waals surface area contributed by atoms with Crippen LogP contribution < -0.4 is 0 Å². The summed E-state index contributed by atoms with van der Waals surface area (Å²) in [4.78, 5) is 0. The second kappa shape index (κ2) is 5.22. The van der Waals surface area contributed by atoms with Gasteiger partial charge in [0.05, 0.1) is 0 Å². The summed E-state index contributed by atoms with van der Waals surface area (Å²) in [7, 11) is 0. The Balaban J connectivity index is 4.83. The summed E-state index contributed by atoms with van der Waals surface area (Å²) >= 11 is 0. The number of allylic oxidation sites excluding steroid dienone is 2. The summed E-state index contributed by atoms with van der Waals surface area (Å²) in [6, 6.07) is 0. The summed E-state index contributed by atoms with van der Waals surface area (Å²) < 4.78 is 0. The second-order valence-electron chi connectivity index (χ2n) is 5.07. The first kappa shape index (κ1) is 13.3. The van der Waals surface area contributed by atoms with Crippen LogP contribution in [0.2, 0.25) is 0 Å². The van der Waals surface area contributed by atoms with Crippen LogP contribution in [-0.2, 0) is 0 Å². The van der Waals surface area contributed by atoms with Gasteiger partial charge in [0, 0.05) is 5.57 Å². The van der Waals surface area contributed by atoms with Gasteiger partial charge in [-0.15, -0.1) is 0 Å². The molecule has 1 atom stereocenters. The van der Waals surface area contributed by atoms with Crippen LogP contribution in [-0.4, -0.2) is 11.2 Å². The Labute approximate surface area is 88.2 Å². The van der Waals surface area contributed by atoms with Gasteiger partial charge in [-0.2, -0.15) is 0 Å². The number of hydrogen-bond acceptors (Lipinski definition) is 1. The summed E-state index contributed by atoms with van der Waals surface area (Å²) in [5, 5.41) is 9.08. The molecule has 0 radical (unpaired) electrons. The molecule has 0 saturated carbocycles. The Kier molecular flexibility index (Phi) is 4.94. The molecule has 0 amide bonds. The molecule has 0 rings (SSSR count). The molecule has 1 nitrogen and oxygen atoms in total. The molecule has 80 valence electrons. The van der Waals surface area contributed by atoms with Crippen molar-refractivity contribution in [3.63, 3.8) is 0 Å². The van der Waals surface area contributed by atoms with Gasteiger partial charge in [0.25, 0.3) is 0 Å². The average Bonchev–Trinajstić information content (AvgIpc) is 1.94. The first-order valence-electron chi connectivity index (χ1n) is 5.14. The Morgan fingerprint density at radius 3 is 2.00 bits per heavy atom. The van der Waals surface area contributed by atoms with Gasteiger partial charge in [-0.25, -0.2) is 0 Å². The van der Waals surface area contributed by atoms with E-state index < -0.39 is 6.10 Å². The van der Waals surface area contributed by atoms with Crippen LogP contribution >= 0.6 is 0 Å². The van der Waals surface area contributed by atoms with E-state index in [9.17, 15) is 0 Å². The van der Waals surface area contributed by atoms with Crippen LogP contribution in [0.1, 0.15) is 41.5 Å². The minimum Gasteiger partial charge on any atom is -0.381 e. The highest BCUT2D eigenvalue weighted by Crippen LogP contribution is 2.21. The molecule has 0 aromatic heterocycles. The molecular formula is C13H22O. The molecule has 1 N–H and O–H groups in total. The molecule has 0 aromatic rings. The molecule has 1 unspecified atom stereocenters. The fraction of sp³-hybridized carbons (Fsp3) is 0.692. The molecule has 14 heavy (non-hydrogen) atoms. The highest BCUT2D eigenvalue weighted by molar-refractivity contribution is 5.32. The molecule has 0 heterocycles. The lowest BCUT2D eigenvalue weighted by molar-refractivity contribution is 0.253. The van der Waals surface area contributed by atoms with E-state index in [0.717, 1.165) is 5.57 Å². The number of aliphatic hydroxyl groups excluding tert-OH is 1. The number of aliphatic hydroxyl groups is 1. The minimum absolute atomic E-state index is 0.146. The van der Waals surface area contributed by atoms with Crippen molar-refractivity contribution < 1.29 is 5.11 Å². The minimum atomic E-state index is -0.544. The lowest BCUT2D eigenvalue weighted by Gasteiger charge is -2.15. The first-order chi connectivity index (χ1) is 6.22. The van der Waals surface area contributed by atoms with E-state index >= 15 is 0 Å². The van der Waals surface area contributed by atoms with Crippen molar-refractivity contribution in [2.75, 3.05) is 0 Å². The molecule has 1 heteroatoms. The summed E-state index contributed by atoms with van der Waals surface area (Å²) in [5.74, 6) is 6.24. The molecule has 0 aliphatic carbocycles. The third-order valence-corrected chi connectivity index (χ3v) is 1.64. The smallest absolute Gasteiger partial charge is 0.112 e. The summed E-state index contributed by atoms with van der Waals surface area (Å²) in [6.07, 6.45) is 1.63. The zero-order chi connectivity index (χ0) is 11.4. The Morgan fingerprint density at radius 2 is 1.71 bits per heavy atom. The largest absolute Gasteiger partial charge is 0.381 e. The molecule has 0 aromatic carbocycles. The van der Waals surface area contributed by atoms with Gasteiger partial charge < -0.3 is 5.11 Å². The van der Waals surface area contributed by atoms with E-state index in [0.29, 0.717) is 5.92 Å². The van der Waals surface area contributed by atoms with Gasteiger partial charge in [0.1, 0.15) is 6.10 Å². The third kappa shape index (κ3) is 6.74. The first-order valence-corrected chi connectivity index (χ1v) is 5.14. The van der Waals surface area contributed by atoms with Crippen LogP contribution in [0.3, 0.4) is 0 Å². The SMILES string of the molecule is CC(O)C#C/C(=C/C(C)(C)C)C(C)C. The average molecular weight is 194 g/mol. The van der Waals surface area contributed by atoms with Crippen molar-refractivity contribution in [3.05, 3.63) is 11.6 Å². The summed E-state index contributed by atoms with van der Waals surface area (Å²) in [6.45, 7) is 12.4. The lowest BCUT2D eigenvalue weighted by Crippen LogP contribution is -2.04. The quantitative estimate of drug-likeness (QED) is 0.636. The third-order valence-electron chi connectivity index (χ3n) is 1.64. The molecular weight excluding hydrogens is 172 g/mol. The Morgan fingerprint density at radius 1 is 1.21 bits per heavy atom. The van der Waals surface area contributed by atoms with Crippen LogP contribution in [0.5, 0.6) is 0 Å². The monoisotopic (exact) mass is 194 g/mol. The van der Waals surface area contributed by atoms with Crippen molar-refractivity contribution in [2.45, 2.75) is 47.6 Å². The van der Waals surface area contributed by atoms with E-state index in [1.807, 2.05) is 0 Å². The van der Waals surface area contributed by atoms with Crippen LogP contribution in [0.4, 0.5) is 0 Å². The Bertz CT molecular complexity index is 253. The highest BCUT2D eigenvalue weighted by Gasteiger charge is 2.09. The fourth-order valence-electron chi connectivity index (χ4n) is 1.00. The van der Waals surface area contributed by atoms with Crippen LogP contribution in [0, 0.1) is 23.2 Å². The topological polar surface area (TPSA) is 20.2 Å². The van der Waals surface area contributed by atoms with Gasteiger partial charge in [-0.3, -0.25) is 0 Å². The Hall–Kier alpha value is -0.740. The standard InChI is InChI=1S/C13H22O/c1-10(2)12(8-7-11(3)14)9-13(4,5)6/h9-11,14H,1-6H3/b12-9-. The van der Waals surface area contributed by atoms with Crippen molar-refractivity contribution in [1.29, 1.82) is 0 Å². The van der Waals surface area contributed by atoms with Gasteiger partial charge in [0.15, 0.2) is 0 Å². The molecule has 0 aliphatic rings. The maximum atomic E-state index is 9.08. The normalized spacial score (nSPS) is 15.0. The van der Waals surface area contributed by atoms with E-state index in [2.05, 4.69) is 52.5 Å². The van der Waals surface area contributed by atoms with Gasteiger partial charge in [-0.05, 0) is 18.3 Å². The predicted octanol–water partition coefficient (Wildman–Crippen LogP) is 3.00. The predicted molar refractivity (Wildman–Crippen MR) is 61.8 cm³/mol. The van der Waals surface area contributed by atoms with E-state index in [1.165, 1.54) is 0 Å². The molecule has 0 aliphatic heterocycles. The van der Waals surface area contributed by atoms with Crippen molar-refractivity contribution in [3.8, 4) is 11.8 Å². The zero-order valence-corrected chi connectivity index (χ0v) is 10.2. The highest BCUT2D eigenvalue weighted by atomic mass is 16.3. The number of hydrogen-bond donors (Lipinski definition) is 1. The van der Waals surface area contributed by atoms with Crippen molar-refractivity contribution in [1.82, 2.24) is 0 Å². The van der Waals surface area contributed by atoms with Gasteiger partial charge in [-0.1, -0.05) is 52.5 Å². The van der Waals surface area contributed by atoms with Crippen molar-refractivity contribution >= 4 is 0 Å². The molecule has 0 fully saturated rings. The number of rotatable bonds is 1. The van der Waals surface area contributed by atoms with E-state index in [-0.39, 0.29) is 5.41 Å². The maximum Gasteiger partial charge on any atom is 0.112 e. The van der Waals surface area contributed by atoms with E-state index in [1.54, 1.807) is 6.92 Å². The molecule has 0 spiro atoms. The van der Waals surface area contributed by atoms with Gasteiger partial charge in [0.2, 0.25) is 0 Å². The lowest BCUT2D eigenvalue weighted by atomic mass is 9.90. The molecule has 0 bridgehead atoms. The zero-order valence-electron chi connectivity index (χ0n) is 10.2. The van der Waals surface area contributed by atoms with Crippen LogP contribution in [0.25, 0.3) is 0 Å². The molecule has 0 saturated heterocycles. The van der Waals surface area contributed by atoms with Crippen molar-refractivity contribution in [2.24, 2.45) is 11.3 Å². The fourth-order valence-corrected chi connectivity index (χ4v) is 1.00. The second-order valence-corrected chi connectivity index (χ2v) is 5.07.